The summed E-state index contributed by atoms with van der Waals surface area (Å²) in [5.74, 6) is 0.361. The first-order valence-corrected chi connectivity index (χ1v) is 6.59. The van der Waals surface area contributed by atoms with Crippen molar-refractivity contribution in [1.82, 2.24) is 0 Å². The van der Waals surface area contributed by atoms with Gasteiger partial charge in [-0.1, -0.05) is 12.1 Å². The summed E-state index contributed by atoms with van der Waals surface area (Å²) in [6.45, 7) is 0.600. The van der Waals surface area contributed by atoms with Crippen LogP contribution in [0, 0.1) is 11.3 Å². The fourth-order valence-corrected chi connectivity index (χ4v) is 1.71. The highest BCUT2D eigenvalue weighted by Gasteiger charge is 2.13. The van der Waals surface area contributed by atoms with Gasteiger partial charge in [0.15, 0.2) is 0 Å². The van der Waals surface area contributed by atoms with Crippen molar-refractivity contribution in [3.8, 4) is 11.8 Å². The zero-order valence-electron chi connectivity index (χ0n) is 11.7. The van der Waals surface area contributed by atoms with Crippen molar-refractivity contribution >= 4 is 5.97 Å². The van der Waals surface area contributed by atoms with E-state index in [9.17, 15) is 4.79 Å². The van der Waals surface area contributed by atoms with Crippen LogP contribution in [0.25, 0.3) is 0 Å². The van der Waals surface area contributed by atoms with Crippen molar-refractivity contribution in [2.24, 2.45) is 5.73 Å². The minimum atomic E-state index is -0.641. The number of carbonyl (C=O) groups excluding carboxylic acids is 1. The zero-order chi connectivity index (χ0) is 14.8. The molecular formula is C15H20N2O3. The van der Waals surface area contributed by atoms with Crippen LogP contribution in [0.5, 0.6) is 5.75 Å². The lowest BCUT2D eigenvalue weighted by molar-refractivity contribution is -0.142. The lowest BCUT2D eigenvalue weighted by atomic mass is 10.1. The van der Waals surface area contributed by atoms with E-state index in [-0.39, 0.29) is 0 Å². The topological polar surface area (TPSA) is 85.3 Å². The molecule has 2 N–H and O–H groups in total. The molecule has 0 radical (unpaired) electrons. The SMILES string of the molecule is COC(=O)C(N)Cc1ccc(OCCCCC#N)cc1. The van der Waals surface area contributed by atoms with E-state index in [2.05, 4.69) is 10.8 Å². The van der Waals surface area contributed by atoms with Crippen molar-refractivity contribution in [2.45, 2.75) is 31.7 Å². The Hall–Kier alpha value is -2.06. The van der Waals surface area contributed by atoms with Crippen LogP contribution in [0.3, 0.4) is 0 Å². The van der Waals surface area contributed by atoms with E-state index in [1.807, 2.05) is 24.3 Å². The minimum Gasteiger partial charge on any atom is -0.494 e. The number of nitriles is 1. The van der Waals surface area contributed by atoms with Gasteiger partial charge in [-0.2, -0.15) is 5.26 Å². The van der Waals surface area contributed by atoms with Gasteiger partial charge in [0.1, 0.15) is 11.8 Å². The number of carbonyl (C=O) groups is 1. The smallest absolute Gasteiger partial charge is 0.322 e. The second kappa shape index (κ2) is 8.94. The highest BCUT2D eigenvalue weighted by molar-refractivity contribution is 5.75. The molecule has 0 amide bonds. The van der Waals surface area contributed by atoms with Crippen LogP contribution in [-0.4, -0.2) is 25.7 Å². The van der Waals surface area contributed by atoms with Crippen LogP contribution in [0.15, 0.2) is 24.3 Å². The standard InChI is InChI=1S/C15H20N2O3/c1-19-15(18)14(17)11-12-5-7-13(8-6-12)20-10-4-2-3-9-16/h5-8,14H,2-4,10-11,17H2,1H3. The van der Waals surface area contributed by atoms with Gasteiger partial charge in [0.25, 0.3) is 0 Å². The molecule has 20 heavy (non-hydrogen) atoms. The Balaban J connectivity index is 2.37. The second-order valence-electron chi connectivity index (χ2n) is 4.44. The number of ether oxygens (including phenoxy) is 2. The normalized spacial score (nSPS) is 11.4. The van der Waals surface area contributed by atoms with Gasteiger partial charge in [0.2, 0.25) is 0 Å². The summed E-state index contributed by atoms with van der Waals surface area (Å²) in [5.41, 5.74) is 6.65. The lowest BCUT2D eigenvalue weighted by Gasteiger charge is -2.10. The molecule has 0 aliphatic carbocycles. The third-order valence-electron chi connectivity index (χ3n) is 2.83. The Labute approximate surface area is 119 Å². The number of hydrogen-bond acceptors (Lipinski definition) is 5. The Morgan fingerprint density at radius 3 is 2.65 bits per heavy atom. The van der Waals surface area contributed by atoms with Gasteiger partial charge in [0.05, 0.1) is 19.8 Å². The molecule has 5 heteroatoms. The fraction of sp³-hybridized carbons (Fsp3) is 0.467. The third kappa shape index (κ3) is 5.72. The zero-order valence-corrected chi connectivity index (χ0v) is 11.7. The van der Waals surface area contributed by atoms with E-state index in [4.69, 9.17) is 15.7 Å². The van der Waals surface area contributed by atoms with Gasteiger partial charge in [-0.15, -0.1) is 0 Å². The second-order valence-corrected chi connectivity index (χ2v) is 4.44. The molecule has 0 saturated heterocycles. The highest BCUT2D eigenvalue weighted by atomic mass is 16.5. The number of rotatable bonds is 8. The highest BCUT2D eigenvalue weighted by Crippen LogP contribution is 2.14. The van der Waals surface area contributed by atoms with Gasteiger partial charge in [-0.3, -0.25) is 4.79 Å². The molecule has 0 bridgehead atoms. The van der Waals surface area contributed by atoms with E-state index in [1.54, 1.807) is 0 Å². The molecule has 0 saturated carbocycles. The Bertz CT molecular complexity index is 451. The van der Waals surface area contributed by atoms with Gasteiger partial charge < -0.3 is 15.2 Å². The summed E-state index contributed by atoms with van der Waals surface area (Å²) in [4.78, 5) is 11.2. The van der Waals surface area contributed by atoms with Gasteiger partial charge in [0, 0.05) is 6.42 Å². The van der Waals surface area contributed by atoms with Crippen LogP contribution in [0.4, 0.5) is 0 Å². The van der Waals surface area contributed by atoms with E-state index in [1.165, 1.54) is 7.11 Å². The maximum Gasteiger partial charge on any atom is 0.322 e. The summed E-state index contributed by atoms with van der Waals surface area (Å²) >= 11 is 0. The van der Waals surface area contributed by atoms with Crippen LogP contribution >= 0.6 is 0 Å². The average Bonchev–Trinajstić information content (AvgIpc) is 2.47. The van der Waals surface area contributed by atoms with E-state index in [0.717, 1.165) is 24.2 Å². The quantitative estimate of drug-likeness (QED) is 0.578. The summed E-state index contributed by atoms with van der Waals surface area (Å²) in [7, 11) is 1.32. The summed E-state index contributed by atoms with van der Waals surface area (Å²) in [6, 6.07) is 8.93. The molecule has 108 valence electrons. The molecule has 1 aromatic rings. The van der Waals surface area contributed by atoms with Crippen LogP contribution in [0.1, 0.15) is 24.8 Å². The summed E-state index contributed by atoms with van der Waals surface area (Å²) in [6.07, 6.45) is 2.72. The van der Waals surface area contributed by atoms with Gasteiger partial charge in [-0.25, -0.2) is 0 Å². The third-order valence-corrected chi connectivity index (χ3v) is 2.83. The number of nitrogens with zero attached hydrogens (tertiary/aromatic N) is 1. The predicted octanol–water partition coefficient (Wildman–Crippen LogP) is 1.80. The number of nitrogens with two attached hydrogens (primary N) is 1. The van der Waals surface area contributed by atoms with Gasteiger partial charge >= 0.3 is 5.97 Å². The van der Waals surface area contributed by atoms with Crippen LogP contribution in [-0.2, 0) is 16.0 Å². The molecule has 0 spiro atoms. The number of unbranched alkanes of at least 4 members (excludes halogenated alkanes) is 2. The number of benzene rings is 1. The van der Waals surface area contributed by atoms with Crippen molar-refractivity contribution in [1.29, 1.82) is 5.26 Å². The molecule has 5 nitrogen and oxygen atoms in total. The van der Waals surface area contributed by atoms with Gasteiger partial charge in [-0.05, 0) is 37.0 Å². The first kappa shape index (κ1) is 16.0. The largest absolute Gasteiger partial charge is 0.494 e. The Morgan fingerprint density at radius 2 is 2.05 bits per heavy atom. The first-order valence-electron chi connectivity index (χ1n) is 6.59. The molecule has 0 aliphatic rings. The van der Waals surface area contributed by atoms with Crippen molar-refractivity contribution in [2.75, 3.05) is 13.7 Å². The number of methoxy groups -OCH3 is 1. The minimum absolute atomic E-state index is 0.414. The average molecular weight is 276 g/mol. The molecule has 0 heterocycles. The maximum absolute atomic E-state index is 11.2. The van der Waals surface area contributed by atoms with E-state index >= 15 is 0 Å². The Morgan fingerprint density at radius 1 is 1.35 bits per heavy atom. The number of hydrogen-bond donors (Lipinski definition) is 1. The van der Waals surface area contributed by atoms with Crippen LogP contribution < -0.4 is 10.5 Å². The van der Waals surface area contributed by atoms with E-state index in [0.29, 0.717) is 19.4 Å². The lowest BCUT2D eigenvalue weighted by Crippen LogP contribution is -2.33. The molecule has 1 aromatic carbocycles. The summed E-state index contributed by atoms with van der Waals surface area (Å²) < 4.78 is 10.1. The predicted molar refractivity (Wildman–Crippen MR) is 75.1 cm³/mol. The monoisotopic (exact) mass is 276 g/mol. The van der Waals surface area contributed by atoms with E-state index < -0.39 is 12.0 Å². The van der Waals surface area contributed by atoms with Crippen LogP contribution in [0.2, 0.25) is 0 Å². The fourth-order valence-electron chi connectivity index (χ4n) is 1.71. The van der Waals surface area contributed by atoms with Crippen molar-refractivity contribution in [3.63, 3.8) is 0 Å². The molecule has 1 unspecified atom stereocenters. The number of esters is 1. The maximum atomic E-state index is 11.2. The molecule has 0 aliphatic heterocycles. The van der Waals surface area contributed by atoms with Crippen molar-refractivity contribution in [3.05, 3.63) is 29.8 Å². The first-order chi connectivity index (χ1) is 9.67. The molecule has 0 fully saturated rings. The molecule has 0 aromatic heterocycles. The molecular weight excluding hydrogens is 256 g/mol. The van der Waals surface area contributed by atoms with Crippen molar-refractivity contribution < 1.29 is 14.3 Å². The molecule has 1 rings (SSSR count). The Kier molecular flexibility index (Phi) is 7.15. The summed E-state index contributed by atoms with van der Waals surface area (Å²) in [5, 5.41) is 8.41. The molecule has 1 atom stereocenters.